The summed E-state index contributed by atoms with van der Waals surface area (Å²) in [4.78, 5) is 0. The molecule has 0 amide bonds. The van der Waals surface area contributed by atoms with Crippen molar-refractivity contribution in [1.82, 2.24) is 10.2 Å². The van der Waals surface area contributed by atoms with Gasteiger partial charge in [-0.1, -0.05) is 36.4 Å². The van der Waals surface area contributed by atoms with Crippen LogP contribution < -0.4 is 5.32 Å². The van der Waals surface area contributed by atoms with Crippen LogP contribution in [0.15, 0.2) is 66.7 Å². The first-order valence-corrected chi connectivity index (χ1v) is 9.30. The molecule has 4 aromatic rings. The van der Waals surface area contributed by atoms with Gasteiger partial charge in [0.05, 0.1) is 0 Å². The van der Waals surface area contributed by atoms with E-state index in [2.05, 4.69) is 15.5 Å². The predicted octanol–water partition coefficient (Wildman–Crippen LogP) is 5.76. The van der Waals surface area contributed by atoms with E-state index in [1.54, 1.807) is 24.3 Å². The number of anilines is 2. The van der Waals surface area contributed by atoms with E-state index in [1.165, 1.54) is 0 Å². The fraction of sp³-hybridized carbons (Fsp3) is 0.130. The Bertz CT molecular complexity index is 1190. The molecule has 0 atom stereocenters. The second kappa shape index (κ2) is 6.60. The number of hydrogen-bond acceptors (Lipinski definition) is 4. The zero-order valence-electron chi connectivity index (χ0n) is 15.1. The van der Waals surface area contributed by atoms with Crippen LogP contribution in [-0.4, -0.2) is 15.3 Å². The van der Waals surface area contributed by atoms with Crippen molar-refractivity contribution in [2.24, 2.45) is 0 Å². The number of nitrogens with zero attached hydrogens (tertiary/aromatic N) is 2. The Morgan fingerprint density at radius 2 is 1.71 bits per heavy atom. The third-order valence-electron chi connectivity index (χ3n) is 5.09. The summed E-state index contributed by atoms with van der Waals surface area (Å²) in [5, 5.41) is 23.2. The first-order chi connectivity index (χ1) is 13.7. The summed E-state index contributed by atoms with van der Waals surface area (Å²) in [5.74, 6) is 0.953. The van der Waals surface area contributed by atoms with Gasteiger partial charge in [0.2, 0.25) is 0 Å². The highest BCUT2D eigenvalue weighted by molar-refractivity contribution is 6.00. The normalized spacial score (nSPS) is 13.6. The van der Waals surface area contributed by atoms with E-state index in [0.29, 0.717) is 28.7 Å². The van der Waals surface area contributed by atoms with E-state index in [9.17, 15) is 9.50 Å². The van der Waals surface area contributed by atoms with Crippen molar-refractivity contribution in [3.8, 4) is 17.0 Å². The van der Waals surface area contributed by atoms with Crippen molar-refractivity contribution < 1.29 is 9.50 Å². The third kappa shape index (κ3) is 3.05. The Kier molecular flexibility index (Phi) is 3.93. The lowest BCUT2D eigenvalue weighted by Crippen LogP contribution is -2.00. The van der Waals surface area contributed by atoms with Gasteiger partial charge in [-0.2, -0.15) is 0 Å². The van der Waals surface area contributed by atoms with Crippen LogP contribution >= 0.6 is 0 Å². The smallest absolute Gasteiger partial charge is 0.161 e. The highest BCUT2D eigenvalue weighted by Gasteiger charge is 2.25. The molecule has 3 aromatic carbocycles. The molecule has 0 unspecified atom stereocenters. The molecule has 5 heteroatoms. The number of aromatic hydroxyl groups is 1. The molecule has 1 fully saturated rings. The fourth-order valence-electron chi connectivity index (χ4n) is 3.51. The number of benzene rings is 3. The maximum absolute atomic E-state index is 14.8. The second-order valence-electron chi connectivity index (χ2n) is 7.13. The summed E-state index contributed by atoms with van der Waals surface area (Å²) in [7, 11) is 0. The fourth-order valence-corrected chi connectivity index (χ4v) is 3.51. The van der Waals surface area contributed by atoms with Crippen LogP contribution in [0, 0.1) is 5.82 Å². The Morgan fingerprint density at radius 1 is 0.893 bits per heavy atom. The lowest BCUT2D eigenvalue weighted by molar-refractivity contribution is 0.475. The molecule has 0 spiro atoms. The van der Waals surface area contributed by atoms with Crippen LogP contribution in [0.4, 0.5) is 15.9 Å². The molecule has 1 aliphatic carbocycles. The summed E-state index contributed by atoms with van der Waals surface area (Å²) in [5.41, 5.74) is 2.74. The van der Waals surface area contributed by atoms with Gasteiger partial charge in [0.1, 0.15) is 17.3 Å². The molecule has 28 heavy (non-hydrogen) atoms. The Labute approximate surface area is 161 Å². The predicted molar refractivity (Wildman–Crippen MR) is 108 cm³/mol. The molecule has 4 nitrogen and oxygen atoms in total. The zero-order chi connectivity index (χ0) is 19.1. The van der Waals surface area contributed by atoms with Crippen LogP contribution in [0.25, 0.3) is 22.0 Å². The molecule has 1 aromatic heterocycles. The maximum Gasteiger partial charge on any atom is 0.161 e. The van der Waals surface area contributed by atoms with Crippen molar-refractivity contribution in [2.75, 3.05) is 5.32 Å². The van der Waals surface area contributed by atoms with Gasteiger partial charge in [-0.25, -0.2) is 4.39 Å². The van der Waals surface area contributed by atoms with Gasteiger partial charge in [0.25, 0.3) is 0 Å². The van der Waals surface area contributed by atoms with Crippen LogP contribution in [0.2, 0.25) is 0 Å². The topological polar surface area (TPSA) is 58.0 Å². The van der Waals surface area contributed by atoms with E-state index in [4.69, 9.17) is 0 Å². The summed E-state index contributed by atoms with van der Waals surface area (Å²) < 4.78 is 14.8. The van der Waals surface area contributed by atoms with Gasteiger partial charge in [-0.15, -0.1) is 10.2 Å². The highest BCUT2D eigenvalue weighted by Crippen LogP contribution is 2.41. The molecule has 0 saturated heterocycles. The van der Waals surface area contributed by atoms with Crippen LogP contribution in [0.1, 0.15) is 24.3 Å². The molecular formula is C23H18FN3O. The first-order valence-electron chi connectivity index (χ1n) is 9.30. The summed E-state index contributed by atoms with van der Waals surface area (Å²) in [6, 6.07) is 19.9. The first kappa shape index (κ1) is 16.7. The monoisotopic (exact) mass is 371 g/mol. The van der Waals surface area contributed by atoms with Crippen molar-refractivity contribution >= 4 is 22.3 Å². The van der Waals surface area contributed by atoms with Crippen molar-refractivity contribution in [1.29, 1.82) is 0 Å². The largest absolute Gasteiger partial charge is 0.508 e. The van der Waals surface area contributed by atoms with Gasteiger partial charge >= 0.3 is 0 Å². The summed E-state index contributed by atoms with van der Waals surface area (Å²) in [6.45, 7) is 0. The molecule has 2 N–H and O–H groups in total. The lowest BCUT2D eigenvalue weighted by Gasteiger charge is -2.12. The van der Waals surface area contributed by atoms with Crippen LogP contribution in [0.3, 0.4) is 0 Å². The quantitative estimate of drug-likeness (QED) is 0.479. The van der Waals surface area contributed by atoms with Gasteiger partial charge in [-0.3, -0.25) is 0 Å². The number of nitrogens with one attached hydrogen (secondary N) is 1. The molecule has 1 heterocycles. The molecule has 138 valence electrons. The Balaban J connectivity index is 1.60. The number of phenols is 1. The average Bonchev–Trinajstić information content (AvgIpc) is 3.54. The average molecular weight is 371 g/mol. The molecule has 0 aliphatic heterocycles. The molecular weight excluding hydrogens is 353 g/mol. The molecule has 0 radical (unpaired) electrons. The number of fused-ring (bicyclic) bond motifs is 1. The number of phenolic OH excluding ortho intramolecular Hbond substituents is 1. The van der Waals surface area contributed by atoms with Gasteiger partial charge < -0.3 is 10.4 Å². The van der Waals surface area contributed by atoms with E-state index < -0.39 is 0 Å². The molecule has 5 rings (SSSR count). The van der Waals surface area contributed by atoms with Gasteiger partial charge in [-0.05, 0) is 48.6 Å². The zero-order valence-corrected chi connectivity index (χ0v) is 15.1. The van der Waals surface area contributed by atoms with Crippen molar-refractivity contribution in [3.05, 3.63) is 78.1 Å². The van der Waals surface area contributed by atoms with E-state index in [-0.39, 0.29) is 11.6 Å². The van der Waals surface area contributed by atoms with Gasteiger partial charge in [0.15, 0.2) is 5.82 Å². The molecule has 0 bridgehead atoms. The minimum atomic E-state index is -0.266. The number of aromatic nitrogens is 2. The van der Waals surface area contributed by atoms with Crippen molar-refractivity contribution in [3.63, 3.8) is 0 Å². The van der Waals surface area contributed by atoms with Gasteiger partial charge in [0, 0.05) is 28.1 Å². The van der Waals surface area contributed by atoms with E-state index >= 15 is 0 Å². The highest BCUT2D eigenvalue weighted by atomic mass is 19.1. The summed E-state index contributed by atoms with van der Waals surface area (Å²) in [6.07, 6.45) is 2.27. The molecule has 1 saturated carbocycles. The second-order valence-corrected chi connectivity index (χ2v) is 7.13. The standard InChI is InChI=1S/C23H18FN3O/c24-21-12-15(14-8-9-14)10-11-20(21)22-18-6-1-2-7-19(18)23(27-26-22)25-16-4-3-5-17(28)13-16/h1-7,10-14,28H,8-9H2,(H,25,27). The van der Waals surface area contributed by atoms with E-state index in [0.717, 1.165) is 29.2 Å². The van der Waals surface area contributed by atoms with Crippen molar-refractivity contribution in [2.45, 2.75) is 18.8 Å². The molecule has 1 aliphatic rings. The SMILES string of the molecule is Oc1cccc(Nc2nnc(-c3ccc(C4CC4)cc3F)c3ccccc23)c1. The number of rotatable bonds is 4. The minimum absolute atomic E-state index is 0.164. The van der Waals surface area contributed by atoms with E-state index in [1.807, 2.05) is 42.5 Å². The Morgan fingerprint density at radius 3 is 2.46 bits per heavy atom. The Hall–Kier alpha value is -3.47. The number of hydrogen-bond donors (Lipinski definition) is 2. The summed E-state index contributed by atoms with van der Waals surface area (Å²) >= 11 is 0. The maximum atomic E-state index is 14.8. The van der Waals surface area contributed by atoms with Crippen LogP contribution in [0.5, 0.6) is 5.75 Å². The lowest BCUT2D eigenvalue weighted by atomic mass is 10.0. The third-order valence-corrected chi connectivity index (χ3v) is 5.09. The number of halogens is 1. The van der Waals surface area contributed by atoms with Crippen LogP contribution in [-0.2, 0) is 0 Å². The minimum Gasteiger partial charge on any atom is -0.508 e.